The van der Waals surface area contributed by atoms with E-state index in [1.165, 1.54) is 12.0 Å². The first kappa shape index (κ1) is 24.8. The molecule has 1 aliphatic rings. The minimum Gasteiger partial charge on any atom is -0.507 e. The predicted molar refractivity (Wildman–Crippen MR) is 142 cm³/mol. The van der Waals surface area contributed by atoms with E-state index in [-0.39, 0.29) is 17.9 Å². The van der Waals surface area contributed by atoms with Crippen molar-refractivity contribution >= 4 is 17.4 Å². The van der Waals surface area contributed by atoms with Crippen LogP contribution in [0.2, 0.25) is 0 Å². The Morgan fingerprint density at radius 3 is 2.32 bits per heavy atom. The van der Waals surface area contributed by atoms with Gasteiger partial charge in [0.05, 0.1) is 18.7 Å². The molecule has 1 aromatic heterocycles. The van der Waals surface area contributed by atoms with Crippen molar-refractivity contribution in [2.75, 3.05) is 7.11 Å². The Kier molecular flexibility index (Phi) is 7.17. The number of para-hydroxylation sites is 1. The summed E-state index contributed by atoms with van der Waals surface area (Å²) in [5.74, 6) is -0.599. The number of carbonyl (C=O) groups is 2. The van der Waals surface area contributed by atoms with E-state index >= 15 is 0 Å². The zero-order valence-electron chi connectivity index (χ0n) is 20.8. The number of pyridine rings is 1. The quantitative estimate of drug-likeness (QED) is 0.198. The predicted octanol–water partition coefficient (Wildman–Crippen LogP) is 5.29. The summed E-state index contributed by atoms with van der Waals surface area (Å²) in [6.07, 6.45) is 3.29. The van der Waals surface area contributed by atoms with Gasteiger partial charge in [-0.25, -0.2) is 0 Å². The molecule has 0 radical (unpaired) electrons. The number of ketones is 1. The second-order valence-corrected chi connectivity index (χ2v) is 8.83. The van der Waals surface area contributed by atoms with Gasteiger partial charge in [0, 0.05) is 30.1 Å². The average molecular weight is 507 g/mol. The van der Waals surface area contributed by atoms with Crippen molar-refractivity contribution in [2.24, 2.45) is 0 Å². The Hall–Kier alpha value is -4.91. The first-order chi connectivity index (χ1) is 18.6. The van der Waals surface area contributed by atoms with Gasteiger partial charge in [0.2, 0.25) is 0 Å². The Bertz CT molecular complexity index is 1470. The first-order valence-electron chi connectivity index (χ1n) is 12.1. The van der Waals surface area contributed by atoms with Crippen LogP contribution in [0.1, 0.15) is 28.3 Å². The molecule has 0 unspecified atom stereocenters. The lowest BCUT2D eigenvalue weighted by Gasteiger charge is -2.26. The van der Waals surface area contributed by atoms with E-state index in [2.05, 4.69) is 4.98 Å². The van der Waals surface area contributed by atoms with Gasteiger partial charge in [-0.1, -0.05) is 54.6 Å². The molecule has 1 saturated heterocycles. The number of aromatic nitrogens is 1. The number of carbonyl (C=O) groups excluding carboxylic acids is 2. The minimum absolute atomic E-state index is 0.00124. The van der Waals surface area contributed by atoms with Crippen LogP contribution in [0, 0.1) is 0 Å². The molecule has 7 nitrogen and oxygen atoms in total. The van der Waals surface area contributed by atoms with Crippen molar-refractivity contribution in [1.29, 1.82) is 0 Å². The van der Waals surface area contributed by atoms with E-state index in [1.807, 2.05) is 42.5 Å². The van der Waals surface area contributed by atoms with Gasteiger partial charge >= 0.3 is 0 Å². The topological polar surface area (TPSA) is 89.0 Å². The van der Waals surface area contributed by atoms with Gasteiger partial charge in [-0.05, 0) is 47.5 Å². The molecule has 1 aliphatic heterocycles. The van der Waals surface area contributed by atoms with Crippen LogP contribution in [0.25, 0.3) is 5.76 Å². The van der Waals surface area contributed by atoms with Crippen LogP contribution in [0.15, 0.2) is 109 Å². The molecule has 1 atom stereocenters. The molecule has 2 heterocycles. The normalized spacial score (nSPS) is 16.4. The van der Waals surface area contributed by atoms with Gasteiger partial charge in [0.15, 0.2) is 0 Å². The molecule has 0 spiro atoms. The van der Waals surface area contributed by atoms with Crippen LogP contribution in [0.4, 0.5) is 0 Å². The van der Waals surface area contributed by atoms with Crippen LogP contribution in [-0.2, 0) is 22.7 Å². The largest absolute Gasteiger partial charge is 0.507 e. The molecule has 0 saturated carbocycles. The number of hydrogen-bond donors (Lipinski definition) is 1. The fourth-order valence-electron chi connectivity index (χ4n) is 4.55. The van der Waals surface area contributed by atoms with Crippen molar-refractivity contribution in [3.8, 4) is 11.5 Å². The van der Waals surface area contributed by atoms with Gasteiger partial charge < -0.3 is 19.5 Å². The third-order valence-electron chi connectivity index (χ3n) is 6.43. The van der Waals surface area contributed by atoms with Crippen LogP contribution in [0.5, 0.6) is 11.5 Å². The van der Waals surface area contributed by atoms with Crippen LogP contribution in [-0.4, -0.2) is 33.8 Å². The van der Waals surface area contributed by atoms with Crippen molar-refractivity contribution in [2.45, 2.75) is 19.2 Å². The monoisotopic (exact) mass is 506 g/mol. The molecule has 38 heavy (non-hydrogen) atoms. The number of amides is 1. The van der Waals surface area contributed by atoms with Gasteiger partial charge in [-0.2, -0.15) is 0 Å². The molecule has 1 N–H and O–H groups in total. The molecule has 4 aromatic rings. The van der Waals surface area contributed by atoms with Crippen LogP contribution >= 0.6 is 0 Å². The van der Waals surface area contributed by atoms with Gasteiger partial charge in [0.25, 0.3) is 11.7 Å². The number of ether oxygens (including phenoxy) is 2. The number of methoxy groups -OCH3 is 1. The third kappa shape index (κ3) is 4.99. The number of aliphatic hydroxyl groups is 1. The number of hydrogen-bond acceptors (Lipinski definition) is 6. The highest BCUT2D eigenvalue weighted by Gasteiger charge is 2.47. The van der Waals surface area contributed by atoms with Crippen molar-refractivity contribution < 1.29 is 24.2 Å². The molecular weight excluding hydrogens is 480 g/mol. The first-order valence-corrected chi connectivity index (χ1v) is 12.1. The highest BCUT2D eigenvalue weighted by atomic mass is 16.5. The number of rotatable bonds is 8. The van der Waals surface area contributed by atoms with Gasteiger partial charge in [-0.15, -0.1) is 0 Å². The lowest BCUT2D eigenvalue weighted by atomic mass is 9.94. The van der Waals surface area contributed by atoms with E-state index in [1.54, 1.807) is 60.9 Å². The highest BCUT2D eigenvalue weighted by Crippen LogP contribution is 2.43. The number of likely N-dealkylation sites (tertiary alicyclic amines) is 1. The maximum absolute atomic E-state index is 13.3. The standard InChI is InChI=1S/C31H26N2O5/c1-37-26-12-6-5-11-25(26)28-27(30(35)31(36)33(28)19-22-10-7-17-32-18-22)29(34)23-13-15-24(16-14-23)38-20-21-8-3-2-4-9-21/h2-18,28,34H,19-20H2,1H3/t28-/m1/s1. The minimum atomic E-state index is -0.847. The maximum atomic E-state index is 13.3. The molecule has 190 valence electrons. The number of benzene rings is 3. The summed E-state index contributed by atoms with van der Waals surface area (Å²) < 4.78 is 11.4. The summed E-state index contributed by atoms with van der Waals surface area (Å²) in [5.41, 5.74) is 2.79. The summed E-state index contributed by atoms with van der Waals surface area (Å²) in [5, 5.41) is 11.4. The molecule has 0 bridgehead atoms. The molecule has 5 rings (SSSR count). The summed E-state index contributed by atoms with van der Waals surface area (Å²) in [7, 11) is 1.53. The summed E-state index contributed by atoms with van der Waals surface area (Å²) in [6.45, 7) is 0.545. The summed E-state index contributed by atoms with van der Waals surface area (Å²) >= 11 is 0. The number of nitrogens with zero attached hydrogens (tertiary/aromatic N) is 2. The van der Waals surface area contributed by atoms with E-state index in [0.717, 1.165) is 11.1 Å². The number of aliphatic hydroxyl groups excluding tert-OH is 1. The van der Waals surface area contributed by atoms with Crippen molar-refractivity contribution in [3.05, 3.63) is 131 Å². The van der Waals surface area contributed by atoms with Gasteiger partial charge in [0.1, 0.15) is 23.9 Å². The SMILES string of the molecule is COc1ccccc1[C@@H]1C(=C(O)c2ccc(OCc3ccccc3)cc2)C(=O)C(=O)N1Cc1cccnc1. The lowest BCUT2D eigenvalue weighted by molar-refractivity contribution is -0.140. The smallest absolute Gasteiger partial charge is 0.295 e. The van der Waals surface area contributed by atoms with Gasteiger partial charge in [-0.3, -0.25) is 14.6 Å². The second-order valence-electron chi connectivity index (χ2n) is 8.83. The number of Topliss-reactive ketones (excluding diaryl/α,β-unsaturated/α-hetero) is 1. The Labute approximate surface area is 220 Å². The zero-order valence-corrected chi connectivity index (χ0v) is 20.8. The third-order valence-corrected chi connectivity index (χ3v) is 6.43. The van der Waals surface area contributed by atoms with E-state index in [0.29, 0.717) is 29.2 Å². The van der Waals surface area contributed by atoms with Crippen molar-refractivity contribution in [1.82, 2.24) is 9.88 Å². The second kappa shape index (κ2) is 11.0. The molecule has 0 aliphatic carbocycles. The molecule has 3 aromatic carbocycles. The highest BCUT2D eigenvalue weighted by molar-refractivity contribution is 6.46. The fraction of sp³-hybridized carbons (Fsp3) is 0.129. The maximum Gasteiger partial charge on any atom is 0.295 e. The van der Waals surface area contributed by atoms with Crippen molar-refractivity contribution in [3.63, 3.8) is 0 Å². The molecular formula is C31H26N2O5. The zero-order chi connectivity index (χ0) is 26.5. The molecule has 7 heteroatoms. The lowest BCUT2D eigenvalue weighted by Crippen LogP contribution is -2.29. The van der Waals surface area contributed by atoms with Crippen LogP contribution in [0.3, 0.4) is 0 Å². The van der Waals surface area contributed by atoms with E-state index in [9.17, 15) is 14.7 Å². The fourth-order valence-corrected chi connectivity index (χ4v) is 4.55. The summed E-state index contributed by atoms with van der Waals surface area (Å²) in [6, 6.07) is 26.5. The van der Waals surface area contributed by atoms with E-state index < -0.39 is 17.7 Å². The molecule has 1 amide bonds. The molecule has 1 fully saturated rings. The Balaban J connectivity index is 1.51. The average Bonchev–Trinajstić information content (AvgIpc) is 3.21. The van der Waals surface area contributed by atoms with E-state index in [4.69, 9.17) is 9.47 Å². The summed E-state index contributed by atoms with van der Waals surface area (Å²) in [4.78, 5) is 32.2. The Morgan fingerprint density at radius 2 is 1.61 bits per heavy atom. The Morgan fingerprint density at radius 1 is 0.895 bits per heavy atom. The van der Waals surface area contributed by atoms with Crippen LogP contribution < -0.4 is 9.47 Å².